The van der Waals surface area contributed by atoms with Crippen LogP contribution in [0, 0.1) is 5.92 Å². The first-order valence-corrected chi connectivity index (χ1v) is 5.81. The van der Waals surface area contributed by atoms with Crippen LogP contribution in [0.4, 0.5) is 0 Å². The molecule has 2 saturated heterocycles. The van der Waals surface area contributed by atoms with E-state index in [1.54, 1.807) is 0 Å². The van der Waals surface area contributed by atoms with Crippen molar-refractivity contribution in [2.45, 2.75) is 25.3 Å². The number of rotatable bonds is 2. The zero-order valence-electron chi connectivity index (χ0n) is 9.37. The summed E-state index contributed by atoms with van der Waals surface area (Å²) in [6, 6.07) is 0.641. The Morgan fingerprint density at radius 2 is 2.40 bits per heavy atom. The summed E-state index contributed by atoms with van der Waals surface area (Å²) in [5.74, 6) is 0.468. The number of methoxy groups -OCH3 is 1. The molecule has 0 amide bonds. The minimum Gasteiger partial charge on any atom is -0.469 e. The molecule has 0 bridgehead atoms. The molecule has 2 atom stereocenters. The van der Waals surface area contributed by atoms with Gasteiger partial charge in [-0.25, -0.2) is 0 Å². The van der Waals surface area contributed by atoms with Gasteiger partial charge in [-0.1, -0.05) is 0 Å². The zero-order chi connectivity index (χ0) is 10.7. The number of esters is 1. The smallest absolute Gasteiger partial charge is 0.305 e. The Bertz CT molecular complexity index is 233. The fourth-order valence-electron chi connectivity index (χ4n) is 2.69. The monoisotopic (exact) mass is 212 g/mol. The third-order valence-corrected chi connectivity index (χ3v) is 3.59. The summed E-state index contributed by atoms with van der Waals surface area (Å²) < 4.78 is 4.72. The number of carbonyl (C=O) groups excluding carboxylic acids is 1. The van der Waals surface area contributed by atoms with Gasteiger partial charge in [0.15, 0.2) is 0 Å². The van der Waals surface area contributed by atoms with E-state index in [1.807, 2.05) is 0 Å². The molecule has 4 nitrogen and oxygen atoms in total. The highest BCUT2D eigenvalue weighted by molar-refractivity contribution is 5.69. The van der Waals surface area contributed by atoms with Crippen LogP contribution >= 0.6 is 0 Å². The van der Waals surface area contributed by atoms with Crippen molar-refractivity contribution < 1.29 is 9.53 Å². The molecule has 15 heavy (non-hydrogen) atoms. The second-order valence-corrected chi connectivity index (χ2v) is 4.56. The van der Waals surface area contributed by atoms with Crippen molar-refractivity contribution in [1.82, 2.24) is 10.2 Å². The first-order valence-electron chi connectivity index (χ1n) is 5.81. The van der Waals surface area contributed by atoms with Gasteiger partial charge in [-0.2, -0.15) is 0 Å². The van der Waals surface area contributed by atoms with Crippen molar-refractivity contribution in [3.63, 3.8) is 0 Å². The lowest BCUT2D eigenvalue weighted by molar-refractivity contribution is -0.142. The van der Waals surface area contributed by atoms with E-state index in [9.17, 15) is 4.79 Å². The van der Waals surface area contributed by atoms with E-state index in [1.165, 1.54) is 7.11 Å². The predicted molar refractivity (Wildman–Crippen MR) is 57.6 cm³/mol. The van der Waals surface area contributed by atoms with Crippen molar-refractivity contribution in [2.75, 3.05) is 33.3 Å². The maximum Gasteiger partial charge on any atom is 0.305 e. The Morgan fingerprint density at radius 1 is 1.53 bits per heavy atom. The van der Waals surface area contributed by atoms with Gasteiger partial charge in [0.25, 0.3) is 0 Å². The van der Waals surface area contributed by atoms with E-state index in [4.69, 9.17) is 4.74 Å². The minimum absolute atomic E-state index is 0.0581. The van der Waals surface area contributed by atoms with Crippen molar-refractivity contribution in [2.24, 2.45) is 5.92 Å². The average molecular weight is 212 g/mol. The zero-order valence-corrected chi connectivity index (χ0v) is 9.37. The summed E-state index contributed by atoms with van der Waals surface area (Å²) in [5, 5.41) is 3.41. The Morgan fingerprint density at radius 3 is 3.20 bits per heavy atom. The first kappa shape index (κ1) is 10.9. The highest BCUT2D eigenvalue weighted by Crippen LogP contribution is 2.26. The van der Waals surface area contributed by atoms with Gasteiger partial charge in [0.2, 0.25) is 0 Å². The minimum atomic E-state index is -0.0581. The molecule has 2 heterocycles. The van der Waals surface area contributed by atoms with E-state index in [2.05, 4.69) is 10.2 Å². The van der Waals surface area contributed by atoms with Crippen LogP contribution in [-0.4, -0.2) is 50.2 Å². The molecule has 0 aromatic carbocycles. The van der Waals surface area contributed by atoms with Crippen molar-refractivity contribution in [3.8, 4) is 0 Å². The molecule has 2 rings (SSSR count). The molecule has 0 spiro atoms. The van der Waals surface area contributed by atoms with Gasteiger partial charge in [0, 0.05) is 32.1 Å². The van der Waals surface area contributed by atoms with Crippen LogP contribution in [0.3, 0.4) is 0 Å². The number of nitrogens with one attached hydrogen (secondary N) is 1. The highest BCUT2D eigenvalue weighted by atomic mass is 16.5. The summed E-state index contributed by atoms with van der Waals surface area (Å²) in [4.78, 5) is 13.7. The maximum absolute atomic E-state index is 11.2. The van der Waals surface area contributed by atoms with E-state index < -0.39 is 0 Å². The van der Waals surface area contributed by atoms with Crippen LogP contribution in [0.15, 0.2) is 0 Å². The van der Waals surface area contributed by atoms with Crippen LogP contribution in [0.2, 0.25) is 0 Å². The predicted octanol–water partition coefficient (Wildman–Crippen LogP) is 0.233. The normalized spacial score (nSPS) is 32.1. The van der Waals surface area contributed by atoms with Gasteiger partial charge in [-0.05, 0) is 25.3 Å². The maximum atomic E-state index is 11.2. The van der Waals surface area contributed by atoms with E-state index in [0.717, 1.165) is 39.0 Å². The van der Waals surface area contributed by atoms with Crippen molar-refractivity contribution in [1.29, 1.82) is 0 Å². The van der Waals surface area contributed by atoms with Crippen LogP contribution in [0.25, 0.3) is 0 Å². The number of piperidine rings is 1. The lowest BCUT2D eigenvalue weighted by Crippen LogP contribution is -2.54. The Kier molecular flexibility index (Phi) is 3.59. The van der Waals surface area contributed by atoms with Gasteiger partial charge in [0.1, 0.15) is 0 Å². The topological polar surface area (TPSA) is 41.6 Å². The van der Waals surface area contributed by atoms with Crippen molar-refractivity contribution in [3.05, 3.63) is 0 Å². The standard InChI is InChI=1S/C11H20N2O2/c1-15-11(14)7-9-2-4-13-5-3-12-8-10(13)6-9/h9-10,12H,2-8H2,1H3/t9?,10-/m1/s1. The van der Waals surface area contributed by atoms with Gasteiger partial charge in [-0.15, -0.1) is 0 Å². The fourth-order valence-corrected chi connectivity index (χ4v) is 2.69. The SMILES string of the molecule is COC(=O)CC1CCN2CCNC[C@H]2C1. The Hall–Kier alpha value is -0.610. The summed E-state index contributed by atoms with van der Waals surface area (Å²) in [5.41, 5.74) is 0. The second kappa shape index (κ2) is 4.94. The van der Waals surface area contributed by atoms with Gasteiger partial charge >= 0.3 is 5.97 Å². The molecular formula is C11H20N2O2. The summed E-state index contributed by atoms with van der Waals surface area (Å²) >= 11 is 0. The number of ether oxygens (including phenoxy) is 1. The lowest BCUT2D eigenvalue weighted by Gasteiger charge is -2.42. The molecule has 0 aliphatic carbocycles. The molecule has 4 heteroatoms. The van der Waals surface area contributed by atoms with E-state index in [-0.39, 0.29) is 5.97 Å². The molecule has 0 saturated carbocycles. The third kappa shape index (κ3) is 2.69. The Labute approximate surface area is 91.0 Å². The van der Waals surface area contributed by atoms with Crippen LogP contribution in [0.1, 0.15) is 19.3 Å². The summed E-state index contributed by atoms with van der Waals surface area (Å²) in [6.45, 7) is 4.50. The molecule has 0 radical (unpaired) electrons. The van der Waals surface area contributed by atoms with Gasteiger partial charge in [-0.3, -0.25) is 9.69 Å². The number of nitrogens with zero attached hydrogens (tertiary/aromatic N) is 1. The van der Waals surface area contributed by atoms with Gasteiger partial charge < -0.3 is 10.1 Å². The average Bonchev–Trinajstić information content (AvgIpc) is 2.29. The van der Waals surface area contributed by atoms with Crippen molar-refractivity contribution >= 4 is 5.97 Å². The summed E-state index contributed by atoms with van der Waals surface area (Å²) in [7, 11) is 1.47. The number of piperazine rings is 1. The Balaban J connectivity index is 1.83. The van der Waals surface area contributed by atoms with Crippen LogP contribution in [0.5, 0.6) is 0 Å². The quantitative estimate of drug-likeness (QED) is 0.665. The molecular weight excluding hydrogens is 192 g/mol. The number of fused-ring (bicyclic) bond motifs is 1. The third-order valence-electron chi connectivity index (χ3n) is 3.59. The molecule has 86 valence electrons. The molecule has 2 aliphatic rings. The van der Waals surface area contributed by atoms with Crippen LogP contribution in [-0.2, 0) is 9.53 Å². The second-order valence-electron chi connectivity index (χ2n) is 4.56. The fraction of sp³-hybridized carbons (Fsp3) is 0.909. The first-order chi connectivity index (χ1) is 7.29. The molecule has 0 aromatic heterocycles. The molecule has 2 aliphatic heterocycles. The van der Waals surface area contributed by atoms with E-state index >= 15 is 0 Å². The largest absolute Gasteiger partial charge is 0.469 e. The number of hydrogen-bond donors (Lipinski definition) is 1. The van der Waals surface area contributed by atoms with Crippen LogP contribution < -0.4 is 5.32 Å². The lowest BCUT2D eigenvalue weighted by atomic mass is 9.87. The number of carbonyl (C=O) groups is 1. The van der Waals surface area contributed by atoms with E-state index in [0.29, 0.717) is 18.4 Å². The molecule has 1 N–H and O–H groups in total. The number of hydrogen-bond acceptors (Lipinski definition) is 4. The highest BCUT2D eigenvalue weighted by Gasteiger charge is 2.30. The molecule has 0 aromatic rings. The summed E-state index contributed by atoms with van der Waals surface area (Å²) in [6.07, 6.45) is 2.88. The van der Waals surface area contributed by atoms with Gasteiger partial charge in [0.05, 0.1) is 7.11 Å². The molecule has 2 fully saturated rings. The molecule has 1 unspecified atom stereocenters.